The van der Waals surface area contributed by atoms with Gasteiger partial charge in [-0.15, -0.1) is 11.8 Å². The zero-order valence-corrected chi connectivity index (χ0v) is 11.4. The maximum Gasteiger partial charge on any atom is 0.237 e. The van der Waals surface area contributed by atoms with Crippen molar-refractivity contribution in [3.8, 4) is 0 Å². The van der Waals surface area contributed by atoms with Gasteiger partial charge in [-0.05, 0) is 18.6 Å². The lowest BCUT2D eigenvalue weighted by atomic mass is 10.2. The molecule has 0 saturated heterocycles. The van der Waals surface area contributed by atoms with Gasteiger partial charge in [0.15, 0.2) is 0 Å². The number of benzene rings is 1. The van der Waals surface area contributed by atoms with Gasteiger partial charge in [0, 0.05) is 30.9 Å². The van der Waals surface area contributed by atoms with Crippen LogP contribution in [0.4, 0.5) is 0 Å². The van der Waals surface area contributed by atoms with Crippen molar-refractivity contribution in [2.75, 3.05) is 26.0 Å². The lowest BCUT2D eigenvalue weighted by Crippen LogP contribution is -2.42. The highest BCUT2D eigenvalue weighted by atomic mass is 32.2. The van der Waals surface area contributed by atoms with Gasteiger partial charge in [0.25, 0.3) is 0 Å². The van der Waals surface area contributed by atoms with E-state index in [1.165, 1.54) is 4.90 Å². The Balaban J connectivity index is 2.12. The van der Waals surface area contributed by atoms with Crippen molar-refractivity contribution >= 4 is 17.7 Å². The van der Waals surface area contributed by atoms with Crippen molar-refractivity contribution in [2.45, 2.75) is 17.4 Å². The Labute approximate surface area is 112 Å². The largest absolute Gasteiger partial charge is 0.385 e. The fraction of sp³-hybridized carbons (Fsp3) is 0.462. The molecule has 0 radical (unpaired) electrons. The zero-order valence-electron chi connectivity index (χ0n) is 10.6. The minimum absolute atomic E-state index is 0.110. The summed E-state index contributed by atoms with van der Waals surface area (Å²) in [5.74, 6) is 0.730. The lowest BCUT2D eigenvalue weighted by Gasteiger charge is -2.11. The first-order chi connectivity index (χ1) is 8.74. The van der Waals surface area contributed by atoms with Crippen LogP contribution in [0.2, 0.25) is 0 Å². The number of nitrogens with one attached hydrogen (secondary N) is 1. The van der Waals surface area contributed by atoms with Gasteiger partial charge < -0.3 is 15.8 Å². The van der Waals surface area contributed by atoms with Gasteiger partial charge in [-0.3, -0.25) is 4.79 Å². The van der Waals surface area contributed by atoms with Crippen molar-refractivity contribution in [2.24, 2.45) is 5.73 Å². The van der Waals surface area contributed by atoms with E-state index in [1.807, 2.05) is 18.2 Å². The van der Waals surface area contributed by atoms with Gasteiger partial charge in [-0.2, -0.15) is 0 Å². The highest BCUT2D eigenvalue weighted by molar-refractivity contribution is 7.99. The molecule has 1 amide bonds. The molecule has 0 heterocycles. The average molecular weight is 268 g/mol. The first kappa shape index (κ1) is 15.0. The fourth-order valence-corrected chi connectivity index (χ4v) is 2.16. The lowest BCUT2D eigenvalue weighted by molar-refractivity contribution is -0.122. The zero-order chi connectivity index (χ0) is 13.2. The third-order valence-corrected chi connectivity index (χ3v) is 3.40. The summed E-state index contributed by atoms with van der Waals surface area (Å²) in [6.07, 6.45) is 0.550. The van der Waals surface area contributed by atoms with Gasteiger partial charge >= 0.3 is 0 Å². The van der Waals surface area contributed by atoms with Gasteiger partial charge in [-0.25, -0.2) is 0 Å². The minimum Gasteiger partial charge on any atom is -0.385 e. The molecular formula is C13H20N2O2S. The summed E-state index contributed by atoms with van der Waals surface area (Å²) >= 11 is 1.71. The number of hydrogen-bond donors (Lipinski definition) is 2. The number of ether oxygens (including phenoxy) is 1. The predicted molar refractivity (Wildman–Crippen MR) is 74.6 cm³/mol. The maximum atomic E-state index is 11.6. The number of hydrogen-bond acceptors (Lipinski definition) is 4. The van der Waals surface area contributed by atoms with E-state index in [0.29, 0.717) is 19.6 Å². The Kier molecular flexibility index (Phi) is 7.48. The highest BCUT2D eigenvalue weighted by Gasteiger charge is 2.11. The van der Waals surface area contributed by atoms with Gasteiger partial charge in [0.05, 0.1) is 6.04 Å². The summed E-state index contributed by atoms with van der Waals surface area (Å²) in [5.41, 5.74) is 5.70. The van der Waals surface area contributed by atoms with E-state index in [-0.39, 0.29) is 5.91 Å². The van der Waals surface area contributed by atoms with Crippen LogP contribution < -0.4 is 11.1 Å². The van der Waals surface area contributed by atoms with Crippen LogP contribution in [0.1, 0.15) is 6.42 Å². The topological polar surface area (TPSA) is 64.3 Å². The second-order valence-electron chi connectivity index (χ2n) is 3.84. The smallest absolute Gasteiger partial charge is 0.237 e. The Morgan fingerprint density at radius 1 is 1.44 bits per heavy atom. The number of amides is 1. The van der Waals surface area contributed by atoms with E-state index in [4.69, 9.17) is 10.5 Å². The van der Waals surface area contributed by atoms with Crippen molar-refractivity contribution in [1.82, 2.24) is 5.32 Å². The number of thioether (sulfide) groups is 1. The number of rotatable bonds is 8. The molecule has 4 nitrogen and oxygen atoms in total. The SMILES string of the molecule is COCCC(N)C(=O)NCCSc1ccccc1. The molecule has 0 saturated carbocycles. The summed E-state index contributed by atoms with van der Waals surface area (Å²) in [5, 5.41) is 2.82. The van der Waals surface area contributed by atoms with Gasteiger partial charge in [0.2, 0.25) is 5.91 Å². The normalized spacial score (nSPS) is 12.1. The quantitative estimate of drug-likeness (QED) is 0.550. The minimum atomic E-state index is -0.480. The molecule has 0 aliphatic rings. The second kappa shape index (κ2) is 8.97. The molecule has 0 aliphatic carbocycles. The van der Waals surface area contributed by atoms with E-state index in [0.717, 1.165) is 5.75 Å². The van der Waals surface area contributed by atoms with Crippen LogP contribution in [0.15, 0.2) is 35.2 Å². The third kappa shape index (κ3) is 6.05. The third-order valence-electron chi connectivity index (χ3n) is 2.38. The van der Waals surface area contributed by atoms with Crippen molar-refractivity contribution in [1.29, 1.82) is 0 Å². The van der Waals surface area contributed by atoms with E-state index in [9.17, 15) is 4.79 Å². The number of nitrogens with two attached hydrogens (primary N) is 1. The van der Waals surface area contributed by atoms with Gasteiger partial charge in [-0.1, -0.05) is 18.2 Å². The molecule has 0 aromatic heterocycles. The highest BCUT2D eigenvalue weighted by Crippen LogP contribution is 2.15. The van der Waals surface area contributed by atoms with Crippen LogP contribution in [-0.4, -0.2) is 38.0 Å². The summed E-state index contributed by atoms with van der Waals surface area (Å²) in [7, 11) is 1.60. The predicted octanol–water partition coefficient (Wildman–Crippen LogP) is 1.26. The molecule has 1 atom stereocenters. The molecule has 3 N–H and O–H groups in total. The maximum absolute atomic E-state index is 11.6. The Morgan fingerprint density at radius 3 is 2.83 bits per heavy atom. The molecule has 1 rings (SSSR count). The van der Waals surface area contributed by atoms with Crippen molar-refractivity contribution < 1.29 is 9.53 Å². The van der Waals surface area contributed by atoms with Gasteiger partial charge in [0.1, 0.15) is 0 Å². The molecule has 0 aliphatic heterocycles. The second-order valence-corrected chi connectivity index (χ2v) is 5.01. The molecule has 0 spiro atoms. The van der Waals surface area contributed by atoms with Crippen LogP contribution in [0.3, 0.4) is 0 Å². The number of carbonyl (C=O) groups is 1. The molecule has 1 aromatic carbocycles. The van der Waals surface area contributed by atoms with E-state index in [2.05, 4.69) is 17.4 Å². The summed E-state index contributed by atoms with van der Waals surface area (Å²) in [4.78, 5) is 12.8. The molecular weight excluding hydrogens is 248 g/mol. The average Bonchev–Trinajstić information content (AvgIpc) is 2.41. The Morgan fingerprint density at radius 2 is 2.17 bits per heavy atom. The fourth-order valence-electron chi connectivity index (χ4n) is 1.37. The Bertz CT molecular complexity index is 346. The molecule has 1 unspecified atom stereocenters. The monoisotopic (exact) mass is 268 g/mol. The van der Waals surface area contributed by atoms with Crippen LogP contribution >= 0.6 is 11.8 Å². The molecule has 1 aromatic rings. The first-order valence-corrected chi connectivity index (χ1v) is 6.92. The molecule has 0 fully saturated rings. The van der Waals surface area contributed by atoms with Crippen LogP contribution in [0, 0.1) is 0 Å². The Hall–Kier alpha value is -1.04. The van der Waals surface area contributed by atoms with Crippen LogP contribution in [0.5, 0.6) is 0 Å². The van der Waals surface area contributed by atoms with Crippen molar-refractivity contribution in [3.63, 3.8) is 0 Å². The summed E-state index contributed by atoms with van der Waals surface area (Å²) < 4.78 is 4.88. The molecule has 0 bridgehead atoms. The van der Waals surface area contributed by atoms with E-state index in [1.54, 1.807) is 18.9 Å². The summed E-state index contributed by atoms with van der Waals surface area (Å²) in [6.45, 7) is 1.13. The van der Waals surface area contributed by atoms with Crippen LogP contribution in [-0.2, 0) is 9.53 Å². The number of methoxy groups -OCH3 is 1. The standard InChI is InChI=1S/C13H20N2O2S/c1-17-9-7-12(14)13(16)15-8-10-18-11-5-3-2-4-6-11/h2-6,12H,7-10,14H2,1H3,(H,15,16). The van der Waals surface area contributed by atoms with Crippen molar-refractivity contribution in [3.05, 3.63) is 30.3 Å². The van der Waals surface area contributed by atoms with E-state index < -0.39 is 6.04 Å². The number of carbonyl (C=O) groups excluding carboxylic acids is 1. The van der Waals surface area contributed by atoms with E-state index >= 15 is 0 Å². The molecule has 5 heteroatoms. The van der Waals surface area contributed by atoms with Crippen LogP contribution in [0.25, 0.3) is 0 Å². The summed E-state index contributed by atoms with van der Waals surface area (Å²) in [6, 6.07) is 9.61. The molecule has 18 heavy (non-hydrogen) atoms. The first-order valence-electron chi connectivity index (χ1n) is 5.94. The molecule has 100 valence electrons.